The number of aromatic carboxylic acids is 1. The third kappa shape index (κ3) is 3.23. The van der Waals surface area contributed by atoms with Crippen LogP contribution in [0.2, 0.25) is 0 Å². The number of ether oxygens (including phenoxy) is 1. The third-order valence-corrected chi connectivity index (χ3v) is 3.42. The zero-order valence-electron chi connectivity index (χ0n) is 9.77. The van der Waals surface area contributed by atoms with Crippen LogP contribution in [-0.2, 0) is 6.61 Å². The quantitative estimate of drug-likeness (QED) is 0.833. The highest BCUT2D eigenvalue weighted by atomic mass is 127. The molecule has 0 fully saturated rings. The van der Waals surface area contributed by atoms with Crippen LogP contribution in [-0.4, -0.2) is 11.1 Å². The van der Waals surface area contributed by atoms with Crippen molar-refractivity contribution in [2.75, 3.05) is 0 Å². The summed E-state index contributed by atoms with van der Waals surface area (Å²) in [6, 6.07) is 11.6. The third-order valence-electron chi connectivity index (χ3n) is 2.53. The molecule has 0 bridgehead atoms. The Hall–Kier alpha value is -1.63. The van der Waals surface area contributed by atoms with Crippen molar-refractivity contribution in [2.45, 2.75) is 6.61 Å². The number of carboxylic acid groups (broad SMARTS) is 1. The summed E-state index contributed by atoms with van der Waals surface area (Å²) in [6.07, 6.45) is 0. The average molecular weight is 372 g/mol. The highest BCUT2D eigenvalue weighted by Gasteiger charge is 2.14. The first-order valence-corrected chi connectivity index (χ1v) is 6.55. The Morgan fingerprint density at radius 2 is 1.95 bits per heavy atom. The summed E-state index contributed by atoms with van der Waals surface area (Å²) in [7, 11) is 0. The van der Waals surface area contributed by atoms with Gasteiger partial charge in [-0.3, -0.25) is 0 Å². The Kier molecular flexibility index (Phi) is 4.36. The number of para-hydroxylation sites is 1. The predicted octanol–water partition coefficient (Wildman–Crippen LogP) is 3.71. The molecular weight excluding hydrogens is 362 g/mol. The highest BCUT2D eigenvalue weighted by Crippen LogP contribution is 2.22. The van der Waals surface area contributed by atoms with Crippen LogP contribution in [0, 0.1) is 9.39 Å². The largest absolute Gasteiger partial charge is 0.488 e. The molecule has 0 aliphatic carbocycles. The lowest BCUT2D eigenvalue weighted by Crippen LogP contribution is -2.06. The first-order valence-electron chi connectivity index (χ1n) is 5.47. The Bertz CT molecular complexity index is 613. The fraction of sp³-hybridized carbons (Fsp3) is 0.0714. The van der Waals surface area contributed by atoms with Gasteiger partial charge >= 0.3 is 5.97 Å². The number of rotatable bonds is 4. The van der Waals surface area contributed by atoms with Gasteiger partial charge in [0.05, 0.1) is 9.13 Å². The van der Waals surface area contributed by atoms with Crippen LogP contribution in [0.1, 0.15) is 15.9 Å². The maximum atomic E-state index is 13.9. The standard InChI is InChI=1S/C14H10FIO3/c15-13-9(4-3-5-10(13)14(17)18)8-19-12-7-2-1-6-11(12)16/h1-7H,8H2,(H,17,18). The molecule has 2 rings (SSSR count). The summed E-state index contributed by atoms with van der Waals surface area (Å²) in [5.41, 5.74) is -0.122. The second-order valence-corrected chi connectivity index (χ2v) is 4.97. The lowest BCUT2D eigenvalue weighted by Gasteiger charge is -2.09. The molecule has 0 heterocycles. The molecule has 5 heteroatoms. The SMILES string of the molecule is O=C(O)c1cccc(COc2ccccc2I)c1F. The summed E-state index contributed by atoms with van der Waals surface area (Å²) < 4.78 is 20.3. The Morgan fingerprint density at radius 3 is 2.63 bits per heavy atom. The zero-order valence-corrected chi connectivity index (χ0v) is 11.9. The zero-order chi connectivity index (χ0) is 13.8. The maximum absolute atomic E-state index is 13.9. The van der Waals surface area contributed by atoms with Crippen molar-refractivity contribution in [2.24, 2.45) is 0 Å². The average Bonchev–Trinajstić information content (AvgIpc) is 2.39. The Balaban J connectivity index is 2.19. The van der Waals surface area contributed by atoms with Gasteiger partial charge in [0.2, 0.25) is 0 Å². The minimum Gasteiger partial charge on any atom is -0.488 e. The van der Waals surface area contributed by atoms with Crippen molar-refractivity contribution in [1.29, 1.82) is 0 Å². The van der Waals surface area contributed by atoms with E-state index in [4.69, 9.17) is 9.84 Å². The second kappa shape index (κ2) is 6.01. The van der Waals surface area contributed by atoms with E-state index in [0.29, 0.717) is 5.75 Å². The van der Waals surface area contributed by atoms with Gasteiger partial charge in [-0.25, -0.2) is 9.18 Å². The molecule has 0 saturated heterocycles. The summed E-state index contributed by atoms with van der Waals surface area (Å²) >= 11 is 2.12. The van der Waals surface area contributed by atoms with Gasteiger partial charge in [0.25, 0.3) is 0 Å². The number of benzene rings is 2. The van der Waals surface area contributed by atoms with Gasteiger partial charge in [0.15, 0.2) is 0 Å². The lowest BCUT2D eigenvalue weighted by atomic mass is 10.1. The first-order chi connectivity index (χ1) is 9.09. The number of carbonyl (C=O) groups is 1. The topological polar surface area (TPSA) is 46.5 Å². The summed E-state index contributed by atoms with van der Waals surface area (Å²) in [5, 5.41) is 8.84. The number of hydrogen-bond donors (Lipinski definition) is 1. The van der Waals surface area contributed by atoms with Crippen LogP contribution in [0.3, 0.4) is 0 Å². The van der Waals surface area contributed by atoms with E-state index in [-0.39, 0.29) is 17.7 Å². The minimum absolute atomic E-state index is 0.00698. The Labute approximate surface area is 123 Å². The van der Waals surface area contributed by atoms with Gasteiger partial charge in [-0.1, -0.05) is 24.3 Å². The normalized spacial score (nSPS) is 10.2. The lowest BCUT2D eigenvalue weighted by molar-refractivity contribution is 0.0691. The smallest absolute Gasteiger partial charge is 0.338 e. The van der Waals surface area contributed by atoms with E-state index < -0.39 is 11.8 Å². The van der Waals surface area contributed by atoms with Gasteiger partial charge in [-0.2, -0.15) is 0 Å². The molecule has 98 valence electrons. The molecule has 0 amide bonds. The predicted molar refractivity (Wildman–Crippen MR) is 76.9 cm³/mol. The van der Waals surface area contributed by atoms with Gasteiger partial charge in [0, 0.05) is 5.56 Å². The van der Waals surface area contributed by atoms with E-state index in [1.54, 1.807) is 6.07 Å². The summed E-state index contributed by atoms with van der Waals surface area (Å²) in [5.74, 6) is -1.39. The van der Waals surface area contributed by atoms with Crippen molar-refractivity contribution < 1.29 is 19.0 Å². The van der Waals surface area contributed by atoms with E-state index in [9.17, 15) is 9.18 Å². The maximum Gasteiger partial charge on any atom is 0.338 e. The van der Waals surface area contributed by atoms with Gasteiger partial charge < -0.3 is 9.84 Å². The molecule has 0 aliphatic heterocycles. The molecule has 19 heavy (non-hydrogen) atoms. The van der Waals surface area contributed by atoms with Crippen molar-refractivity contribution in [3.8, 4) is 5.75 Å². The molecule has 0 radical (unpaired) electrons. The molecule has 0 spiro atoms. The van der Waals surface area contributed by atoms with E-state index >= 15 is 0 Å². The number of halogens is 2. The van der Waals surface area contributed by atoms with E-state index in [1.807, 2.05) is 18.2 Å². The van der Waals surface area contributed by atoms with Crippen LogP contribution in [0.15, 0.2) is 42.5 Å². The second-order valence-electron chi connectivity index (χ2n) is 3.80. The van der Waals surface area contributed by atoms with Crippen molar-refractivity contribution >= 4 is 28.6 Å². The molecular formula is C14H10FIO3. The number of hydrogen-bond acceptors (Lipinski definition) is 2. The van der Waals surface area contributed by atoms with Crippen molar-refractivity contribution in [3.63, 3.8) is 0 Å². The fourth-order valence-electron chi connectivity index (χ4n) is 1.57. The van der Waals surface area contributed by atoms with Crippen molar-refractivity contribution in [1.82, 2.24) is 0 Å². The molecule has 0 atom stereocenters. The fourth-order valence-corrected chi connectivity index (χ4v) is 2.12. The van der Waals surface area contributed by atoms with Gasteiger partial charge in [-0.05, 0) is 40.8 Å². The highest BCUT2D eigenvalue weighted by molar-refractivity contribution is 14.1. The molecule has 0 aromatic heterocycles. The van der Waals surface area contributed by atoms with Crippen LogP contribution < -0.4 is 4.74 Å². The van der Waals surface area contributed by atoms with Crippen LogP contribution >= 0.6 is 22.6 Å². The van der Waals surface area contributed by atoms with E-state index in [1.165, 1.54) is 18.2 Å². The van der Waals surface area contributed by atoms with Crippen LogP contribution in [0.25, 0.3) is 0 Å². The van der Waals surface area contributed by atoms with Gasteiger partial charge in [0.1, 0.15) is 18.2 Å². The summed E-state index contributed by atoms with van der Waals surface area (Å²) in [6.45, 7) is -0.00698. The number of carboxylic acids is 1. The molecule has 0 aliphatic rings. The summed E-state index contributed by atoms with van der Waals surface area (Å²) in [4.78, 5) is 10.8. The molecule has 1 N–H and O–H groups in total. The van der Waals surface area contributed by atoms with Crippen LogP contribution in [0.4, 0.5) is 4.39 Å². The molecule has 3 nitrogen and oxygen atoms in total. The van der Waals surface area contributed by atoms with Gasteiger partial charge in [-0.15, -0.1) is 0 Å². The molecule has 0 saturated carbocycles. The minimum atomic E-state index is -1.28. The van der Waals surface area contributed by atoms with E-state index in [2.05, 4.69) is 22.6 Å². The molecule has 2 aromatic rings. The molecule has 0 unspecified atom stereocenters. The Morgan fingerprint density at radius 1 is 1.21 bits per heavy atom. The molecule has 2 aromatic carbocycles. The monoisotopic (exact) mass is 372 g/mol. The van der Waals surface area contributed by atoms with E-state index in [0.717, 1.165) is 3.57 Å². The van der Waals surface area contributed by atoms with Crippen LogP contribution in [0.5, 0.6) is 5.75 Å². The first kappa shape index (κ1) is 13.8. The van der Waals surface area contributed by atoms with Crippen molar-refractivity contribution in [3.05, 3.63) is 63.0 Å².